The van der Waals surface area contributed by atoms with Crippen LogP contribution in [0.1, 0.15) is 38.8 Å². The van der Waals surface area contributed by atoms with Gasteiger partial charge in [0.15, 0.2) is 69.8 Å². The van der Waals surface area contributed by atoms with Gasteiger partial charge >= 0.3 is 11.9 Å². The molecule has 2 aliphatic heterocycles. The van der Waals surface area contributed by atoms with Crippen LogP contribution in [0.4, 0.5) is 0 Å². The van der Waals surface area contributed by atoms with Crippen LogP contribution >= 0.6 is 0 Å². The largest absolute Gasteiger partial charge is 0.493 e. The van der Waals surface area contributed by atoms with Crippen LogP contribution in [0.15, 0.2) is 72.8 Å². The SMILES string of the molecule is COC(=O)c1cc(OC)c(OC)cc1CC(=O)C1COc2ccccc2O1.COC(=O)c1cc(OC)c(OC)cc1CC(=O)C1Oc2ccccc2OC1C. The highest BCUT2D eigenvalue weighted by molar-refractivity contribution is 5.96. The lowest BCUT2D eigenvalue weighted by atomic mass is 9.97. The first-order valence-electron chi connectivity index (χ1n) is 17.1. The van der Waals surface area contributed by atoms with E-state index in [-0.39, 0.29) is 42.1 Å². The van der Waals surface area contributed by atoms with Crippen molar-refractivity contribution < 1.29 is 66.5 Å². The summed E-state index contributed by atoms with van der Waals surface area (Å²) in [6.45, 7) is 1.88. The van der Waals surface area contributed by atoms with E-state index < -0.39 is 30.3 Å². The van der Waals surface area contributed by atoms with Crippen LogP contribution in [0.5, 0.6) is 46.0 Å². The third-order valence-electron chi connectivity index (χ3n) is 8.79. The molecule has 6 rings (SSSR count). The van der Waals surface area contributed by atoms with Gasteiger partial charge in [-0.05, 0) is 66.6 Å². The minimum atomic E-state index is -0.798. The minimum absolute atomic E-state index is 0.0407. The van der Waals surface area contributed by atoms with E-state index in [0.29, 0.717) is 57.1 Å². The molecule has 3 unspecified atom stereocenters. The van der Waals surface area contributed by atoms with Gasteiger partial charge in [0.25, 0.3) is 0 Å². The van der Waals surface area contributed by atoms with E-state index in [0.717, 1.165) is 0 Å². The molecule has 0 aliphatic carbocycles. The number of Topliss-reactive ketones (excluding diaryl/α,β-unsaturated/α-hetero) is 2. The van der Waals surface area contributed by atoms with Gasteiger partial charge in [-0.15, -0.1) is 0 Å². The highest BCUT2D eigenvalue weighted by Crippen LogP contribution is 2.36. The maximum absolute atomic E-state index is 13.0. The number of rotatable bonds is 12. The molecule has 0 saturated carbocycles. The lowest BCUT2D eigenvalue weighted by Gasteiger charge is -2.31. The van der Waals surface area contributed by atoms with Crippen molar-refractivity contribution in [1.82, 2.24) is 0 Å². The predicted octanol–water partition coefficient (Wildman–Crippen LogP) is 5.27. The van der Waals surface area contributed by atoms with Gasteiger partial charge in [-0.3, -0.25) is 9.59 Å². The number of esters is 2. The van der Waals surface area contributed by atoms with Gasteiger partial charge < -0.3 is 47.4 Å². The zero-order chi connectivity index (χ0) is 39.6. The molecule has 14 nitrogen and oxygen atoms in total. The Bertz CT molecular complexity index is 2040. The van der Waals surface area contributed by atoms with Crippen molar-refractivity contribution in [3.8, 4) is 46.0 Å². The fraction of sp³-hybridized carbons (Fsp3) is 0.317. The standard InChI is InChI=1S/C21H22O7.C20H20O7/c1-12-20(28-17-8-6-5-7-16(17)27-12)15(22)9-13-10-18(24-2)19(25-3)11-14(13)21(23)26-4;1-23-17-9-12(13(20(22)25-3)10-18(17)24-2)8-14(21)19-11-26-15-6-4-5-7-16(15)27-19/h5-8,10-12,20H,9H2,1-4H3;4-7,9-10,19H,8,11H2,1-3H3. The van der Waals surface area contributed by atoms with Crippen molar-refractivity contribution in [2.24, 2.45) is 0 Å². The van der Waals surface area contributed by atoms with Crippen molar-refractivity contribution >= 4 is 23.5 Å². The monoisotopic (exact) mass is 758 g/mol. The van der Waals surface area contributed by atoms with Crippen molar-refractivity contribution in [1.29, 1.82) is 0 Å². The molecule has 0 saturated heterocycles. The van der Waals surface area contributed by atoms with E-state index in [1.165, 1.54) is 54.8 Å². The van der Waals surface area contributed by atoms with E-state index in [2.05, 4.69) is 0 Å². The van der Waals surface area contributed by atoms with Crippen LogP contribution < -0.4 is 37.9 Å². The summed E-state index contributed by atoms with van der Waals surface area (Å²) in [5, 5.41) is 0. The Hall–Kier alpha value is -6.44. The summed E-state index contributed by atoms with van der Waals surface area (Å²) in [6.07, 6.45) is -2.12. The van der Waals surface area contributed by atoms with Crippen molar-refractivity contribution in [2.45, 2.75) is 38.1 Å². The summed E-state index contributed by atoms with van der Waals surface area (Å²) in [4.78, 5) is 50.1. The minimum Gasteiger partial charge on any atom is -0.493 e. The molecule has 0 spiro atoms. The van der Waals surface area contributed by atoms with Crippen LogP contribution in [0.3, 0.4) is 0 Å². The molecule has 0 bridgehead atoms. The maximum atomic E-state index is 13.0. The topological polar surface area (TPSA) is 161 Å². The van der Waals surface area contributed by atoms with Gasteiger partial charge in [-0.2, -0.15) is 0 Å². The van der Waals surface area contributed by atoms with Crippen LogP contribution in [0.25, 0.3) is 0 Å². The van der Waals surface area contributed by atoms with Crippen LogP contribution in [-0.4, -0.2) is 91.1 Å². The number of benzene rings is 4. The van der Waals surface area contributed by atoms with E-state index in [1.54, 1.807) is 49.4 Å². The molecule has 4 aromatic carbocycles. The second-order valence-electron chi connectivity index (χ2n) is 12.2. The molecular weight excluding hydrogens is 716 g/mol. The number of hydrogen-bond acceptors (Lipinski definition) is 14. The molecule has 0 radical (unpaired) electrons. The number of fused-ring (bicyclic) bond motifs is 2. The molecule has 3 atom stereocenters. The second-order valence-corrected chi connectivity index (χ2v) is 12.2. The summed E-state index contributed by atoms with van der Waals surface area (Å²) < 4.78 is 53.7. The summed E-state index contributed by atoms with van der Waals surface area (Å²) in [6, 6.07) is 20.5. The Morgan fingerprint density at radius 3 is 1.45 bits per heavy atom. The Morgan fingerprint density at radius 1 is 0.564 bits per heavy atom. The molecule has 0 amide bonds. The smallest absolute Gasteiger partial charge is 0.338 e. The first kappa shape index (κ1) is 39.8. The van der Waals surface area contributed by atoms with Gasteiger partial charge in [0.2, 0.25) is 0 Å². The van der Waals surface area contributed by atoms with Crippen LogP contribution in [0, 0.1) is 0 Å². The van der Waals surface area contributed by atoms with E-state index in [4.69, 9.17) is 47.4 Å². The average Bonchev–Trinajstić information content (AvgIpc) is 3.22. The van der Waals surface area contributed by atoms with Gasteiger partial charge in [0, 0.05) is 12.8 Å². The predicted molar refractivity (Wildman–Crippen MR) is 196 cm³/mol. The number of ketones is 2. The van der Waals surface area contributed by atoms with E-state index in [9.17, 15) is 19.2 Å². The number of methoxy groups -OCH3 is 6. The fourth-order valence-corrected chi connectivity index (χ4v) is 5.97. The Labute approximate surface area is 318 Å². The quantitative estimate of drug-likeness (QED) is 0.172. The normalized spacial score (nSPS) is 16.3. The Morgan fingerprint density at radius 2 is 0.982 bits per heavy atom. The molecule has 4 aromatic rings. The second kappa shape index (κ2) is 18.1. The van der Waals surface area contributed by atoms with Gasteiger partial charge in [-0.25, -0.2) is 9.59 Å². The molecule has 0 N–H and O–H groups in total. The molecule has 290 valence electrons. The molecule has 55 heavy (non-hydrogen) atoms. The zero-order valence-electron chi connectivity index (χ0n) is 31.5. The maximum Gasteiger partial charge on any atom is 0.338 e. The van der Waals surface area contributed by atoms with Crippen LogP contribution in [-0.2, 0) is 31.9 Å². The number of carbonyl (C=O) groups is 4. The highest BCUT2D eigenvalue weighted by atomic mass is 16.6. The van der Waals surface area contributed by atoms with Crippen molar-refractivity contribution in [3.63, 3.8) is 0 Å². The fourth-order valence-electron chi connectivity index (χ4n) is 5.97. The molecule has 2 heterocycles. The van der Waals surface area contributed by atoms with Gasteiger partial charge in [-0.1, -0.05) is 24.3 Å². The third kappa shape index (κ3) is 9.03. The molecular formula is C41H42O14. The average molecular weight is 759 g/mol. The van der Waals surface area contributed by atoms with Gasteiger partial charge in [0.1, 0.15) is 12.7 Å². The highest BCUT2D eigenvalue weighted by Gasteiger charge is 2.35. The molecule has 14 heteroatoms. The first-order valence-corrected chi connectivity index (χ1v) is 17.1. The molecule has 2 aliphatic rings. The number of carbonyl (C=O) groups excluding carboxylic acids is 4. The lowest BCUT2D eigenvalue weighted by Crippen LogP contribution is -2.44. The molecule has 0 aromatic heterocycles. The van der Waals surface area contributed by atoms with Crippen LogP contribution in [0.2, 0.25) is 0 Å². The van der Waals surface area contributed by atoms with E-state index in [1.807, 2.05) is 18.2 Å². The van der Waals surface area contributed by atoms with Crippen molar-refractivity contribution in [3.05, 3.63) is 95.1 Å². The Balaban J connectivity index is 0.000000211. The van der Waals surface area contributed by atoms with Gasteiger partial charge in [0.05, 0.1) is 53.8 Å². The first-order chi connectivity index (χ1) is 26.5. The third-order valence-corrected chi connectivity index (χ3v) is 8.79. The Kier molecular flexibility index (Phi) is 13.1. The van der Waals surface area contributed by atoms with Crippen molar-refractivity contribution in [2.75, 3.05) is 49.3 Å². The number of ether oxygens (including phenoxy) is 10. The molecule has 0 fully saturated rings. The summed E-state index contributed by atoms with van der Waals surface area (Å²) >= 11 is 0. The number of para-hydroxylation sites is 4. The summed E-state index contributed by atoms with van der Waals surface area (Å²) in [7, 11) is 8.46. The lowest BCUT2D eigenvalue weighted by molar-refractivity contribution is -0.130. The summed E-state index contributed by atoms with van der Waals surface area (Å²) in [5.74, 6) is 2.23. The zero-order valence-corrected chi connectivity index (χ0v) is 31.5. The van der Waals surface area contributed by atoms with E-state index >= 15 is 0 Å². The summed E-state index contributed by atoms with van der Waals surface area (Å²) in [5.41, 5.74) is 1.40. The number of hydrogen-bond donors (Lipinski definition) is 0.